The number of carbonyl (C=O) groups excluding carboxylic acids is 1. The molecule has 2 aromatic rings. The summed E-state index contributed by atoms with van der Waals surface area (Å²) in [7, 11) is 0. The number of halogens is 4. The van der Waals surface area contributed by atoms with Gasteiger partial charge in [-0.25, -0.2) is 13.2 Å². The number of rotatable bonds is 6. The van der Waals surface area contributed by atoms with Crippen LogP contribution in [-0.2, 0) is 17.6 Å². The van der Waals surface area contributed by atoms with Crippen LogP contribution in [0.25, 0.3) is 0 Å². The number of carbonyl (C=O) groups is 1. The Balaban J connectivity index is 2.02. The molecule has 0 aliphatic heterocycles. The van der Waals surface area contributed by atoms with Crippen molar-refractivity contribution in [3.63, 3.8) is 0 Å². The molecule has 6 heteroatoms. The van der Waals surface area contributed by atoms with Gasteiger partial charge >= 0.3 is 5.97 Å². The van der Waals surface area contributed by atoms with E-state index in [1.165, 1.54) is 5.56 Å². The van der Waals surface area contributed by atoms with E-state index in [-0.39, 0.29) is 6.42 Å². The van der Waals surface area contributed by atoms with E-state index in [4.69, 9.17) is 0 Å². The third-order valence-electron chi connectivity index (χ3n) is 3.94. The van der Waals surface area contributed by atoms with Crippen molar-refractivity contribution in [2.24, 2.45) is 5.92 Å². The Hall–Kier alpha value is -2.37. The molecule has 2 nitrogen and oxygen atoms in total. The van der Waals surface area contributed by atoms with Crippen LogP contribution < -0.4 is 4.74 Å². The maximum Gasteiger partial charge on any atom is 0.311 e. The van der Waals surface area contributed by atoms with Crippen LogP contribution in [-0.4, -0.2) is 5.97 Å². The molecule has 0 amide bonds. The quantitative estimate of drug-likeness (QED) is 0.228. The normalized spacial score (nSPS) is 11.1. The van der Waals surface area contributed by atoms with Gasteiger partial charge in [0.2, 0.25) is 11.6 Å². The zero-order chi connectivity index (χ0) is 19.4. The lowest BCUT2D eigenvalue weighted by molar-refractivity contribution is -0.134. The van der Waals surface area contributed by atoms with Crippen LogP contribution in [0.15, 0.2) is 24.3 Å². The molecule has 140 valence electrons. The van der Waals surface area contributed by atoms with E-state index < -0.39 is 40.6 Å². The Labute approximate surface area is 149 Å². The molecule has 0 aromatic heterocycles. The lowest BCUT2D eigenvalue weighted by Crippen LogP contribution is -2.13. The molecule has 0 aliphatic rings. The van der Waals surface area contributed by atoms with E-state index in [9.17, 15) is 22.4 Å². The first-order chi connectivity index (χ1) is 12.2. The molecule has 2 rings (SSSR count). The van der Waals surface area contributed by atoms with Gasteiger partial charge < -0.3 is 4.74 Å². The Bertz CT molecular complexity index is 769. The SMILES string of the molecule is Cc1c(F)c(F)c(F)c(OC(=O)CCc2ccc(CC(C)C)cc2)c1F. The summed E-state index contributed by atoms with van der Waals surface area (Å²) in [5.41, 5.74) is 1.29. The summed E-state index contributed by atoms with van der Waals surface area (Å²) in [5, 5.41) is 0. The largest absolute Gasteiger partial charge is 0.420 e. The van der Waals surface area contributed by atoms with Gasteiger partial charge in [0, 0.05) is 12.0 Å². The summed E-state index contributed by atoms with van der Waals surface area (Å²) in [6, 6.07) is 7.65. The Morgan fingerprint density at radius 1 is 0.923 bits per heavy atom. The van der Waals surface area contributed by atoms with Crippen molar-refractivity contribution in [2.45, 2.75) is 40.0 Å². The molecule has 0 spiro atoms. The van der Waals surface area contributed by atoms with Crippen molar-refractivity contribution < 1.29 is 27.1 Å². The molecule has 0 atom stereocenters. The van der Waals surface area contributed by atoms with Crippen molar-refractivity contribution in [2.75, 3.05) is 0 Å². The summed E-state index contributed by atoms with van der Waals surface area (Å²) in [5.74, 6) is -8.39. The predicted molar refractivity (Wildman–Crippen MR) is 90.0 cm³/mol. The third kappa shape index (κ3) is 4.62. The maximum atomic E-state index is 13.9. The van der Waals surface area contributed by atoms with E-state index >= 15 is 0 Å². The summed E-state index contributed by atoms with van der Waals surface area (Å²) in [6.07, 6.45) is 1.09. The summed E-state index contributed by atoms with van der Waals surface area (Å²) in [6.45, 7) is 5.16. The molecule has 26 heavy (non-hydrogen) atoms. The van der Waals surface area contributed by atoms with Crippen molar-refractivity contribution in [1.29, 1.82) is 0 Å². The smallest absolute Gasteiger partial charge is 0.311 e. The fourth-order valence-electron chi connectivity index (χ4n) is 2.54. The van der Waals surface area contributed by atoms with Crippen LogP contribution in [0.3, 0.4) is 0 Å². The third-order valence-corrected chi connectivity index (χ3v) is 3.94. The van der Waals surface area contributed by atoms with Crippen LogP contribution in [0.5, 0.6) is 5.75 Å². The van der Waals surface area contributed by atoms with Crippen LogP contribution in [0, 0.1) is 36.1 Å². The van der Waals surface area contributed by atoms with Gasteiger partial charge in [0.1, 0.15) is 0 Å². The van der Waals surface area contributed by atoms with E-state index in [2.05, 4.69) is 18.6 Å². The fourth-order valence-corrected chi connectivity index (χ4v) is 2.54. The van der Waals surface area contributed by atoms with Crippen LogP contribution in [0.4, 0.5) is 17.6 Å². The predicted octanol–water partition coefficient (Wildman–Crippen LogP) is 5.29. The van der Waals surface area contributed by atoms with E-state index in [0.717, 1.165) is 18.9 Å². The maximum absolute atomic E-state index is 13.9. The molecular formula is C20H20F4O2. The Morgan fingerprint density at radius 2 is 1.50 bits per heavy atom. The monoisotopic (exact) mass is 368 g/mol. The van der Waals surface area contributed by atoms with Gasteiger partial charge in [-0.3, -0.25) is 4.79 Å². The van der Waals surface area contributed by atoms with Gasteiger partial charge in [-0.2, -0.15) is 4.39 Å². The molecule has 0 heterocycles. The zero-order valence-electron chi connectivity index (χ0n) is 14.8. The molecule has 0 aliphatic carbocycles. The second-order valence-corrected chi connectivity index (χ2v) is 6.60. The highest BCUT2D eigenvalue weighted by molar-refractivity contribution is 5.73. The van der Waals surface area contributed by atoms with Crippen molar-refractivity contribution in [3.8, 4) is 5.75 Å². The first-order valence-electron chi connectivity index (χ1n) is 8.31. The molecular weight excluding hydrogens is 348 g/mol. The molecule has 0 fully saturated rings. The van der Waals surface area contributed by atoms with E-state index in [1.807, 2.05) is 24.3 Å². The Morgan fingerprint density at radius 3 is 2.08 bits per heavy atom. The average Bonchev–Trinajstić information content (AvgIpc) is 2.61. The Kier molecular flexibility index (Phi) is 6.40. The highest BCUT2D eigenvalue weighted by Crippen LogP contribution is 2.30. The van der Waals surface area contributed by atoms with Crippen molar-refractivity contribution >= 4 is 5.97 Å². The number of benzene rings is 2. The standard InChI is InChI=1S/C20H20F4O2/c1-11(2)10-14-6-4-13(5-7-14)8-9-15(25)26-20-17(22)12(3)16(21)18(23)19(20)24/h4-7,11H,8-10H2,1-3H3. The average molecular weight is 368 g/mol. The van der Waals surface area contributed by atoms with Gasteiger partial charge in [0.05, 0.1) is 0 Å². The molecule has 2 aromatic carbocycles. The minimum absolute atomic E-state index is 0.152. The second kappa shape index (κ2) is 8.34. The van der Waals surface area contributed by atoms with Gasteiger partial charge in [0.15, 0.2) is 17.5 Å². The minimum Gasteiger partial charge on any atom is -0.420 e. The number of hydrogen-bond donors (Lipinski definition) is 0. The van der Waals surface area contributed by atoms with Crippen LogP contribution >= 0.6 is 0 Å². The lowest BCUT2D eigenvalue weighted by atomic mass is 10.0. The molecule has 0 saturated carbocycles. The summed E-state index contributed by atoms with van der Waals surface area (Å²) < 4.78 is 58.7. The van der Waals surface area contributed by atoms with Crippen molar-refractivity contribution in [1.82, 2.24) is 0 Å². The van der Waals surface area contributed by atoms with Crippen molar-refractivity contribution in [3.05, 3.63) is 64.2 Å². The zero-order valence-corrected chi connectivity index (χ0v) is 14.8. The fraction of sp³-hybridized carbons (Fsp3) is 0.350. The summed E-state index contributed by atoms with van der Waals surface area (Å²) in [4.78, 5) is 11.8. The molecule has 0 N–H and O–H groups in total. The molecule has 0 radical (unpaired) electrons. The van der Waals surface area contributed by atoms with Gasteiger partial charge in [0.25, 0.3) is 0 Å². The van der Waals surface area contributed by atoms with Gasteiger partial charge in [-0.1, -0.05) is 38.1 Å². The number of hydrogen-bond acceptors (Lipinski definition) is 2. The number of ether oxygens (including phenoxy) is 1. The highest BCUT2D eigenvalue weighted by Gasteiger charge is 2.26. The molecule has 0 unspecified atom stereocenters. The summed E-state index contributed by atoms with van der Waals surface area (Å²) >= 11 is 0. The molecule has 0 bridgehead atoms. The van der Waals surface area contributed by atoms with E-state index in [1.54, 1.807) is 0 Å². The minimum atomic E-state index is -1.87. The molecule has 0 saturated heterocycles. The van der Waals surface area contributed by atoms with Crippen LogP contribution in [0.1, 0.15) is 37.0 Å². The van der Waals surface area contributed by atoms with E-state index in [0.29, 0.717) is 12.3 Å². The lowest BCUT2D eigenvalue weighted by Gasteiger charge is -2.10. The van der Waals surface area contributed by atoms with Crippen LogP contribution in [0.2, 0.25) is 0 Å². The first kappa shape index (κ1) is 19.9. The van der Waals surface area contributed by atoms with Gasteiger partial charge in [-0.05, 0) is 36.8 Å². The number of esters is 1. The highest BCUT2D eigenvalue weighted by atomic mass is 19.2. The van der Waals surface area contributed by atoms with Gasteiger partial charge in [-0.15, -0.1) is 0 Å². The topological polar surface area (TPSA) is 26.3 Å². The second-order valence-electron chi connectivity index (χ2n) is 6.60. The first-order valence-corrected chi connectivity index (χ1v) is 8.31. The number of aryl methyl sites for hydroxylation is 1.